The number of anilines is 1. The van der Waals surface area contributed by atoms with Crippen molar-refractivity contribution in [3.63, 3.8) is 0 Å². The maximum Gasteiger partial charge on any atom is 0.293 e. The predicted octanol–water partition coefficient (Wildman–Crippen LogP) is 4.28. The molecule has 0 amide bonds. The van der Waals surface area contributed by atoms with E-state index >= 15 is 0 Å². The summed E-state index contributed by atoms with van der Waals surface area (Å²) in [6, 6.07) is 11.9. The van der Waals surface area contributed by atoms with Crippen LogP contribution in [0.3, 0.4) is 0 Å². The van der Waals surface area contributed by atoms with Crippen molar-refractivity contribution in [3.05, 3.63) is 51.8 Å². The first-order chi connectivity index (χ1) is 12.6. The van der Waals surface area contributed by atoms with Crippen molar-refractivity contribution in [1.82, 2.24) is 0 Å². The van der Waals surface area contributed by atoms with Gasteiger partial charge >= 0.3 is 0 Å². The van der Waals surface area contributed by atoms with Crippen LogP contribution in [0.5, 0.6) is 0 Å². The maximum atomic E-state index is 11.5. The quantitative estimate of drug-likeness (QED) is 0.464. The van der Waals surface area contributed by atoms with Gasteiger partial charge in [-0.05, 0) is 43.5 Å². The molecule has 2 aromatic rings. The zero-order valence-corrected chi connectivity index (χ0v) is 14.0. The van der Waals surface area contributed by atoms with E-state index in [4.69, 9.17) is 14.9 Å². The molecule has 26 heavy (non-hydrogen) atoms. The van der Waals surface area contributed by atoms with Crippen molar-refractivity contribution in [2.45, 2.75) is 19.3 Å². The highest BCUT2D eigenvalue weighted by Crippen LogP contribution is 2.35. The number of nitro groups is 1. The number of benzene rings is 1. The molecule has 1 aromatic carbocycles. The molecule has 130 valence electrons. The van der Waals surface area contributed by atoms with Gasteiger partial charge in [0.2, 0.25) is 0 Å². The standard InChI is InChI=1S/C19H16N4O3/c20-12-14(13-21)10-16-5-7-19(26-16)15-4-6-17(18(11-15)23(24)25)22-8-2-1-3-9-22/h4-7,10-11H,1-3,8-9H2. The van der Waals surface area contributed by atoms with Crippen LogP contribution >= 0.6 is 0 Å². The monoisotopic (exact) mass is 348 g/mol. The molecule has 0 N–H and O–H groups in total. The second-order valence-corrected chi connectivity index (χ2v) is 5.99. The lowest BCUT2D eigenvalue weighted by molar-refractivity contribution is -0.384. The van der Waals surface area contributed by atoms with Gasteiger partial charge in [0.05, 0.1) is 4.92 Å². The van der Waals surface area contributed by atoms with E-state index in [0.717, 1.165) is 32.4 Å². The lowest BCUT2D eigenvalue weighted by Crippen LogP contribution is -2.29. The molecule has 2 heterocycles. The van der Waals surface area contributed by atoms with Crippen molar-refractivity contribution in [2.75, 3.05) is 18.0 Å². The molecule has 1 aromatic heterocycles. The predicted molar refractivity (Wildman–Crippen MR) is 96.1 cm³/mol. The van der Waals surface area contributed by atoms with Crippen LogP contribution in [-0.2, 0) is 0 Å². The van der Waals surface area contributed by atoms with Crippen molar-refractivity contribution in [3.8, 4) is 23.5 Å². The van der Waals surface area contributed by atoms with E-state index in [-0.39, 0.29) is 16.2 Å². The van der Waals surface area contributed by atoms with Crippen molar-refractivity contribution >= 4 is 17.5 Å². The van der Waals surface area contributed by atoms with E-state index in [2.05, 4.69) is 0 Å². The van der Waals surface area contributed by atoms with Crippen LogP contribution < -0.4 is 4.90 Å². The Balaban J connectivity index is 1.95. The van der Waals surface area contributed by atoms with E-state index in [1.165, 1.54) is 12.1 Å². The molecule has 0 spiro atoms. The largest absolute Gasteiger partial charge is 0.457 e. The summed E-state index contributed by atoms with van der Waals surface area (Å²) < 4.78 is 5.61. The summed E-state index contributed by atoms with van der Waals surface area (Å²) in [7, 11) is 0. The Bertz CT molecular complexity index is 924. The highest BCUT2D eigenvalue weighted by Gasteiger charge is 2.22. The molecular weight excluding hydrogens is 332 g/mol. The minimum absolute atomic E-state index is 0.0487. The Morgan fingerprint density at radius 3 is 2.54 bits per heavy atom. The number of hydrogen-bond acceptors (Lipinski definition) is 6. The lowest BCUT2D eigenvalue weighted by Gasteiger charge is -2.28. The van der Waals surface area contributed by atoms with E-state index < -0.39 is 0 Å². The fourth-order valence-corrected chi connectivity index (χ4v) is 3.04. The van der Waals surface area contributed by atoms with Crippen LogP contribution in [0.4, 0.5) is 11.4 Å². The molecule has 3 rings (SSSR count). The molecule has 1 fully saturated rings. The number of hydrogen-bond donors (Lipinski definition) is 0. The van der Waals surface area contributed by atoms with E-state index in [0.29, 0.717) is 22.8 Å². The molecule has 0 bridgehead atoms. The summed E-state index contributed by atoms with van der Waals surface area (Å²) in [5, 5.41) is 29.1. The van der Waals surface area contributed by atoms with Crippen LogP contribution in [0.15, 0.2) is 40.3 Å². The number of nitro benzene ring substituents is 1. The van der Waals surface area contributed by atoms with Gasteiger partial charge in [-0.2, -0.15) is 10.5 Å². The smallest absolute Gasteiger partial charge is 0.293 e. The van der Waals surface area contributed by atoms with Crippen LogP contribution in [0.2, 0.25) is 0 Å². The maximum absolute atomic E-state index is 11.5. The molecule has 1 saturated heterocycles. The summed E-state index contributed by atoms with van der Waals surface area (Å²) in [5.74, 6) is 0.792. The minimum Gasteiger partial charge on any atom is -0.457 e. The van der Waals surface area contributed by atoms with Gasteiger partial charge in [-0.1, -0.05) is 0 Å². The van der Waals surface area contributed by atoms with Crippen LogP contribution in [0, 0.1) is 32.8 Å². The first-order valence-electron chi connectivity index (χ1n) is 8.28. The molecule has 7 heteroatoms. The second-order valence-electron chi connectivity index (χ2n) is 5.99. The Kier molecular flexibility index (Phi) is 5.00. The van der Waals surface area contributed by atoms with Crippen LogP contribution in [0.25, 0.3) is 17.4 Å². The van der Waals surface area contributed by atoms with Crippen LogP contribution in [0.1, 0.15) is 25.0 Å². The molecule has 1 aliphatic heterocycles. The lowest BCUT2D eigenvalue weighted by atomic mass is 10.1. The summed E-state index contributed by atoms with van der Waals surface area (Å²) in [4.78, 5) is 13.2. The summed E-state index contributed by atoms with van der Waals surface area (Å²) in [6.45, 7) is 1.64. The van der Waals surface area contributed by atoms with E-state index in [9.17, 15) is 10.1 Å². The van der Waals surface area contributed by atoms with Gasteiger partial charge in [0.1, 0.15) is 34.9 Å². The third-order valence-electron chi connectivity index (χ3n) is 4.31. The first-order valence-corrected chi connectivity index (χ1v) is 8.28. The molecule has 0 aliphatic carbocycles. The van der Waals surface area contributed by atoms with Crippen molar-refractivity contribution in [2.24, 2.45) is 0 Å². The van der Waals surface area contributed by atoms with Crippen molar-refractivity contribution in [1.29, 1.82) is 10.5 Å². The number of rotatable bonds is 4. The molecule has 7 nitrogen and oxygen atoms in total. The SMILES string of the molecule is N#CC(C#N)=Cc1ccc(-c2ccc(N3CCCCC3)c([N+](=O)[O-])c2)o1. The topological polar surface area (TPSA) is 107 Å². The number of nitrogens with zero attached hydrogens (tertiary/aromatic N) is 4. The van der Waals surface area contributed by atoms with Gasteiger partial charge in [-0.15, -0.1) is 0 Å². The Morgan fingerprint density at radius 2 is 1.88 bits per heavy atom. The van der Waals surface area contributed by atoms with Gasteiger partial charge in [0.25, 0.3) is 5.69 Å². The number of piperidine rings is 1. The molecular formula is C19H16N4O3. The average molecular weight is 348 g/mol. The third kappa shape index (κ3) is 3.57. The first kappa shape index (κ1) is 17.2. The second kappa shape index (κ2) is 7.54. The molecule has 0 atom stereocenters. The van der Waals surface area contributed by atoms with E-state index in [1.54, 1.807) is 36.4 Å². The van der Waals surface area contributed by atoms with Gasteiger partial charge in [0.15, 0.2) is 0 Å². The zero-order valence-electron chi connectivity index (χ0n) is 14.0. The van der Waals surface area contributed by atoms with Gasteiger partial charge in [-0.25, -0.2) is 0 Å². The fraction of sp³-hybridized carbons (Fsp3) is 0.263. The molecule has 0 radical (unpaired) electrons. The van der Waals surface area contributed by atoms with E-state index in [1.807, 2.05) is 4.90 Å². The Labute approximate surface area is 150 Å². The number of allylic oxidation sites excluding steroid dienone is 1. The number of furan rings is 1. The van der Waals surface area contributed by atoms with Gasteiger partial charge in [-0.3, -0.25) is 10.1 Å². The minimum atomic E-state index is -0.374. The average Bonchev–Trinajstić information content (AvgIpc) is 3.15. The molecule has 1 aliphatic rings. The van der Waals surface area contributed by atoms with Gasteiger partial charge in [0, 0.05) is 30.8 Å². The van der Waals surface area contributed by atoms with Crippen LogP contribution in [-0.4, -0.2) is 18.0 Å². The third-order valence-corrected chi connectivity index (χ3v) is 4.31. The summed E-state index contributed by atoms with van der Waals surface area (Å²) >= 11 is 0. The fourth-order valence-electron chi connectivity index (χ4n) is 3.04. The molecule has 0 saturated carbocycles. The summed E-state index contributed by atoms with van der Waals surface area (Å²) in [5.41, 5.74) is 1.18. The highest BCUT2D eigenvalue weighted by atomic mass is 16.6. The summed E-state index contributed by atoms with van der Waals surface area (Å²) in [6.07, 6.45) is 4.55. The van der Waals surface area contributed by atoms with Crippen molar-refractivity contribution < 1.29 is 9.34 Å². The Morgan fingerprint density at radius 1 is 1.15 bits per heavy atom. The highest BCUT2D eigenvalue weighted by molar-refractivity contribution is 5.73. The Hall–Kier alpha value is -3.58. The zero-order chi connectivity index (χ0) is 18.5. The molecule has 0 unspecified atom stereocenters. The number of nitriles is 2. The normalized spacial score (nSPS) is 13.5. The van der Waals surface area contributed by atoms with Gasteiger partial charge < -0.3 is 9.32 Å².